The van der Waals surface area contributed by atoms with E-state index in [1.54, 1.807) is 39.8 Å². The topological polar surface area (TPSA) is 97.7 Å². The van der Waals surface area contributed by atoms with Gasteiger partial charge in [-0.05, 0) is 39.7 Å². The summed E-state index contributed by atoms with van der Waals surface area (Å²) in [5.74, 6) is -3.65. The van der Waals surface area contributed by atoms with E-state index in [1.807, 2.05) is 13.8 Å². The second-order valence-corrected chi connectivity index (χ2v) is 7.21. The Morgan fingerprint density at radius 2 is 1.68 bits per heavy atom. The molecule has 5 nitrogen and oxygen atoms in total. The van der Waals surface area contributed by atoms with Crippen LogP contribution in [-0.4, -0.2) is 27.4 Å². The zero-order valence-corrected chi connectivity index (χ0v) is 15.8. The maximum Gasteiger partial charge on any atom is 0.205 e. The van der Waals surface area contributed by atoms with Crippen LogP contribution >= 0.6 is 0 Å². The minimum Gasteiger partial charge on any atom is -0.872 e. The lowest BCUT2D eigenvalue weighted by molar-refractivity contribution is -0.300. The molecule has 138 valence electrons. The van der Waals surface area contributed by atoms with E-state index in [-0.39, 0.29) is 18.4 Å². The number of hydrogen-bond acceptors (Lipinski definition) is 5. The van der Waals surface area contributed by atoms with E-state index in [1.165, 1.54) is 0 Å². The third-order valence-corrected chi connectivity index (χ3v) is 4.07. The summed E-state index contributed by atoms with van der Waals surface area (Å²) in [6, 6.07) is 0. The van der Waals surface area contributed by atoms with Crippen molar-refractivity contribution in [2.45, 2.75) is 60.0 Å². The summed E-state index contributed by atoms with van der Waals surface area (Å²) < 4.78 is 0. The van der Waals surface area contributed by atoms with E-state index in [0.717, 1.165) is 11.1 Å². The molecule has 1 atom stereocenters. The van der Waals surface area contributed by atoms with Gasteiger partial charge in [0.05, 0.1) is 5.57 Å². The summed E-state index contributed by atoms with van der Waals surface area (Å²) in [5.41, 5.74) is -1.18. The number of allylic oxidation sites excluding steroid dienone is 4. The molecule has 0 saturated heterocycles. The summed E-state index contributed by atoms with van der Waals surface area (Å²) >= 11 is 0. The first-order chi connectivity index (χ1) is 11.4. The van der Waals surface area contributed by atoms with Crippen molar-refractivity contribution in [3.63, 3.8) is 0 Å². The maximum atomic E-state index is 12.7. The molecule has 1 aliphatic rings. The van der Waals surface area contributed by atoms with Crippen LogP contribution in [0.3, 0.4) is 0 Å². The van der Waals surface area contributed by atoms with Crippen molar-refractivity contribution in [2.75, 3.05) is 0 Å². The van der Waals surface area contributed by atoms with Gasteiger partial charge in [-0.25, -0.2) is 0 Å². The first-order valence-electron chi connectivity index (χ1n) is 8.35. The first-order valence-corrected chi connectivity index (χ1v) is 8.35. The number of aliphatic hydroxyl groups is 2. The van der Waals surface area contributed by atoms with Gasteiger partial charge in [-0.2, -0.15) is 0 Å². The maximum absolute atomic E-state index is 12.7. The minimum absolute atomic E-state index is 0.0479. The van der Waals surface area contributed by atoms with E-state index >= 15 is 0 Å². The highest BCUT2D eigenvalue weighted by atomic mass is 16.3. The second kappa shape index (κ2) is 7.83. The summed E-state index contributed by atoms with van der Waals surface area (Å²) in [6.45, 7) is 10.4. The minimum atomic E-state index is -2.28. The molecule has 0 radical (unpaired) electrons. The Morgan fingerprint density at radius 1 is 1.16 bits per heavy atom. The van der Waals surface area contributed by atoms with Crippen molar-refractivity contribution in [2.24, 2.45) is 5.92 Å². The molecule has 1 rings (SSSR count). The predicted octanol–water partition coefficient (Wildman–Crippen LogP) is 2.66. The fourth-order valence-electron chi connectivity index (χ4n) is 2.47. The highest BCUT2D eigenvalue weighted by Crippen LogP contribution is 2.37. The molecule has 0 bridgehead atoms. The molecule has 2 N–H and O–H groups in total. The van der Waals surface area contributed by atoms with Crippen molar-refractivity contribution in [3.8, 4) is 0 Å². The summed E-state index contributed by atoms with van der Waals surface area (Å²) in [4.78, 5) is 25.2. The van der Waals surface area contributed by atoms with E-state index in [9.17, 15) is 24.9 Å². The molecule has 0 fully saturated rings. The highest BCUT2D eigenvalue weighted by Gasteiger charge is 2.47. The van der Waals surface area contributed by atoms with E-state index < -0.39 is 40.2 Å². The van der Waals surface area contributed by atoms with Crippen molar-refractivity contribution >= 4 is 11.6 Å². The number of Topliss-reactive ketones (excluding diaryl/α,β-unsaturated/α-hetero) is 2. The van der Waals surface area contributed by atoms with Crippen molar-refractivity contribution in [3.05, 3.63) is 46.0 Å². The van der Waals surface area contributed by atoms with Crippen LogP contribution in [0.25, 0.3) is 0 Å². The summed E-state index contributed by atoms with van der Waals surface area (Å²) in [7, 11) is 0. The Bertz CT molecular complexity index is 696. The molecule has 0 aromatic rings. The Balaban J connectivity index is 3.62. The molecule has 0 unspecified atom stereocenters. The van der Waals surface area contributed by atoms with Gasteiger partial charge in [-0.3, -0.25) is 9.59 Å². The number of carbonyl (C=O) groups is 2. The van der Waals surface area contributed by atoms with Crippen LogP contribution in [0.1, 0.15) is 54.4 Å². The van der Waals surface area contributed by atoms with Crippen LogP contribution in [0, 0.1) is 5.92 Å². The standard InChI is InChI=1S/C20H28O5/c1-11(2)7-8-14-17(22)15(16(21)13(5)6)19(24)20(25,18(14)23)10-9-12(3)4/h7,9,13,22-23,25H,8,10H2,1-6H3/p-1/t20-/m1/s1. The lowest BCUT2D eigenvalue weighted by Crippen LogP contribution is -2.48. The molecular formula is C20H27O5-. The molecule has 0 aromatic carbocycles. The van der Waals surface area contributed by atoms with Crippen molar-refractivity contribution < 1.29 is 24.9 Å². The molecule has 0 saturated carbocycles. The lowest BCUT2D eigenvalue weighted by Gasteiger charge is -2.36. The summed E-state index contributed by atoms with van der Waals surface area (Å²) in [6.07, 6.45) is 3.16. The van der Waals surface area contributed by atoms with Gasteiger partial charge < -0.3 is 15.3 Å². The third-order valence-electron chi connectivity index (χ3n) is 4.07. The normalized spacial score (nSPS) is 20.9. The molecule has 0 amide bonds. The van der Waals surface area contributed by atoms with Gasteiger partial charge in [0, 0.05) is 12.3 Å². The molecule has 0 aromatic heterocycles. The van der Waals surface area contributed by atoms with Gasteiger partial charge in [0.15, 0.2) is 11.4 Å². The molecule has 0 spiro atoms. The summed E-state index contributed by atoms with van der Waals surface area (Å²) in [5, 5.41) is 34.0. The van der Waals surface area contributed by atoms with Crippen LogP contribution in [0.4, 0.5) is 0 Å². The van der Waals surface area contributed by atoms with E-state index in [2.05, 4.69) is 0 Å². The van der Waals surface area contributed by atoms with Gasteiger partial charge in [0.1, 0.15) is 5.76 Å². The lowest BCUT2D eigenvalue weighted by atomic mass is 9.76. The van der Waals surface area contributed by atoms with Crippen LogP contribution < -0.4 is 5.11 Å². The SMILES string of the molecule is CC(C)=CCC1=C(O)[C@](O)(CC=C(C)C)C(=O)C(C(=O)C(C)C)=C1[O-]. The number of ketones is 2. The van der Waals surface area contributed by atoms with Crippen LogP contribution in [0.15, 0.2) is 46.0 Å². The Hall–Kier alpha value is -2.14. The van der Waals surface area contributed by atoms with E-state index in [0.29, 0.717) is 0 Å². The van der Waals surface area contributed by atoms with E-state index in [4.69, 9.17) is 0 Å². The number of aliphatic hydroxyl groups excluding tert-OH is 1. The van der Waals surface area contributed by atoms with Gasteiger partial charge in [0.25, 0.3) is 0 Å². The van der Waals surface area contributed by atoms with Gasteiger partial charge >= 0.3 is 0 Å². The van der Waals surface area contributed by atoms with Gasteiger partial charge in [0.2, 0.25) is 5.78 Å². The second-order valence-electron chi connectivity index (χ2n) is 7.21. The Morgan fingerprint density at radius 3 is 2.12 bits per heavy atom. The quantitative estimate of drug-likeness (QED) is 0.569. The van der Waals surface area contributed by atoms with Gasteiger partial charge in [-0.15, -0.1) is 0 Å². The number of hydrogen-bond donors (Lipinski definition) is 2. The monoisotopic (exact) mass is 347 g/mol. The molecule has 0 aliphatic heterocycles. The zero-order valence-electron chi connectivity index (χ0n) is 15.8. The first kappa shape index (κ1) is 20.9. The Kier molecular flexibility index (Phi) is 6.54. The van der Waals surface area contributed by atoms with Crippen LogP contribution in [-0.2, 0) is 9.59 Å². The van der Waals surface area contributed by atoms with Crippen LogP contribution in [0.2, 0.25) is 0 Å². The van der Waals surface area contributed by atoms with Crippen LogP contribution in [0.5, 0.6) is 0 Å². The fraction of sp³-hybridized carbons (Fsp3) is 0.500. The van der Waals surface area contributed by atoms with Crippen molar-refractivity contribution in [1.29, 1.82) is 0 Å². The largest absolute Gasteiger partial charge is 0.872 e. The number of carbonyl (C=O) groups excluding carboxylic acids is 2. The molecule has 5 heteroatoms. The van der Waals surface area contributed by atoms with Crippen molar-refractivity contribution in [1.82, 2.24) is 0 Å². The average molecular weight is 347 g/mol. The smallest absolute Gasteiger partial charge is 0.205 e. The number of rotatable bonds is 6. The predicted molar refractivity (Wildman–Crippen MR) is 94.6 cm³/mol. The molecular weight excluding hydrogens is 320 g/mol. The molecule has 25 heavy (non-hydrogen) atoms. The zero-order chi connectivity index (χ0) is 19.5. The van der Waals surface area contributed by atoms with Gasteiger partial charge in [-0.1, -0.05) is 42.9 Å². The average Bonchev–Trinajstić information content (AvgIpc) is 2.50. The Labute approximate surface area is 149 Å². The highest BCUT2D eigenvalue weighted by molar-refractivity contribution is 6.25. The molecule has 0 heterocycles. The fourth-order valence-corrected chi connectivity index (χ4v) is 2.47. The molecule has 1 aliphatic carbocycles. The third kappa shape index (κ3) is 4.28.